The van der Waals surface area contributed by atoms with Crippen LogP contribution in [-0.4, -0.2) is 35.0 Å². The second-order valence-corrected chi connectivity index (χ2v) is 9.91. The summed E-state index contributed by atoms with van der Waals surface area (Å²) in [6, 6.07) is 13.5. The lowest BCUT2D eigenvalue weighted by atomic mass is 9.97. The largest absolute Gasteiger partial charge is 0.370 e. The molecule has 2 aliphatic rings. The third kappa shape index (κ3) is 4.98. The summed E-state index contributed by atoms with van der Waals surface area (Å²) in [5.74, 6) is 3.39. The number of aryl methyl sites for hydroxylation is 1. The standard InChI is InChI=1S/C27H32ClN5/c1-29-26(28)23-13-14-33(27(23)30-2)22-11-8-18(15-22)3-4-19-7-9-21-10-12-25(32-24(21)16-19)31-17-20-5-6-20/h7,9-10,12-14,16,18,20,22H,2-6,8,11,15,17H2,1H3,(H,31,32)/b29-26+. The Bertz CT molecular complexity index is 1180. The monoisotopic (exact) mass is 461 g/mol. The number of hydrogen-bond acceptors (Lipinski definition) is 4. The second kappa shape index (κ2) is 9.68. The summed E-state index contributed by atoms with van der Waals surface area (Å²) in [4.78, 5) is 13.2. The summed E-state index contributed by atoms with van der Waals surface area (Å²) in [6.07, 6.45) is 10.6. The van der Waals surface area contributed by atoms with Gasteiger partial charge in [0.1, 0.15) is 16.8 Å². The van der Waals surface area contributed by atoms with E-state index in [0.29, 0.717) is 17.1 Å². The molecule has 0 amide bonds. The molecule has 172 valence electrons. The molecular formula is C27H32ClN5. The molecule has 2 aromatic heterocycles. The molecule has 6 heteroatoms. The second-order valence-electron chi connectivity index (χ2n) is 9.55. The van der Waals surface area contributed by atoms with Crippen LogP contribution in [0.15, 0.2) is 52.6 Å². The van der Waals surface area contributed by atoms with Crippen LogP contribution in [0.2, 0.25) is 0 Å². The summed E-state index contributed by atoms with van der Waals surface area (Å²) in [5.41, 5.74) is 3.33. The summed E-state index contributed by atoms with van der Waals surface area (Å²) in [5, 5.41) is 5.19. The van der Waals surface area contributed by atoms with Gasteiger partial charge in [0.25, 0.3) is 0 Å². The normalized spacial score (nSPS) is 21.0. The number of nitrogens with zero attached hydrogens (tertiary/aromatic N) is 4. The molecule has 3 aromatic rings. The van der Waals surface area contributed by atoms with Crippen LogP contribution in [0.5, 0.6) is 0 Å². The molecular weight excluding hydrogens is 430 g/mol. The topological polar surface area (TPSA) is 54.6 Å². The highest BCUT2D eigenvalue weighted by atomic mass is 35.5. The van der Waals surface area contributed by atoms with Gasteiger partial charge in [0.05, 0.1) is 11.1 Å². The summed E-state index contributed by atoms with van der Waals surface area (Å²) in [7, 11) is 1.70. The van der Waals surface area contributed by atoms with Gasteiger partial charge >= 0.3 is 0 Å². The SMILES string of the molecule is C=Nc1c(/C(Cl)=N\C)ccn1C1CCC(CCc2ccc3ccc(NCC4CC4)nc3c2)C1. The molecule has 2 aliphatic carbocycles. The summed E-state index contributed by atoms with van der Waals surface area (Å²) < 4.78 is 2.24. The van der Waals surface area contributed by atoms with Crippen molar-refractivity contribution in [3.8, 4) is 0 Å². The fourth-order valence-corrected chi connectivity index (χ4v) is 5.25. The molecule has 2 saturated carbocycles. The molecule has 5 rings (SSSR count). The molecule has 2 unspecified atom stereocenters. The first kappa shape index (κ1) is 22.1. The minimum Gasteiger partial charge on any atom is -0.370 e. The van der Waals surface area contributed by atoms with Crippen molar-refractivity contribution in [2.24, 2.45) is 21.8 Å². The third-order valence-electron chi connectivity index (χ3n) is 7.23. The smallest absolute Gasteiger partial charge is 0.142 e. The number of benzene rings is 1. The third-order valence-corrected chi connectivity index (χ3v) is 7.60. The van der Waals surface area contributed by atoms with E-state index in [2.05, 4.69) is 63.1 Å². The van der Waals surface area contributed by atoms with E-state index in [1.165, 1.54) is 43.1 Å². The predicted octanol–water partition coefficient (Wildman–Crippen LogP) is 6.78. The molecule has 0 bridgehead atoms. The number of halogens is 1. The van der Waals surface area contributed by atoms with Gasteiger partial charge in [-0.3, -0.25) is 4.99 Å². The molecule has 2 atom stereocenters. The summed E-state index contributed by atoms with van der Waals surface area (Å²) in [6.45, 7) is 4.81. The Morgan fingerprint density at radius 3 is 2.76 bits per heavy atom. The maximum Gasteiger partial charge on any atom is 0.142 e. The highest BCUT2D eigenvalue weighted by Gasteiger charge is 2.28. The van der Waals surface area contributed by atoms with Gasteiger partial charge in [-0.05, 0) is 93.3 Å². The van der Waals surface area contributed by atoms with E-state index in [9.17, 15) is 0 Å². The molecule has 1 N–H and O–H groups in total. The highest BCUT2D eigenvalue weighted by Crippen LogP contribution is 2.40. The van der Waals surface area contributed by atoms with Crippen molar-refractivity contribution in [2.45, 2.75) is 51.0 Å². The van der Waals surface area contributed by atoms with Crippen LogP contribution >= 0.6 is 11.6 Å². The Balaban J connectivity index is 1.21. The van der Waals surface area contributed by atoms with Crippen LogP contribution in [0.25, 0.3) is 10.9 Å². The maximum atomic E-state index is 6.27. The number of aliphatic imine (C=N–C) groups is 2. The zero-order chi connectivity index (χ0) is 22.8. The van der Waals surface area contributed by atoms with E-state index in [-0.39, 0.29) is 0 Å². The number of nitrogens with one attached hydrogen (secondary N) is 1. The van der Waals surface area contributed by atoms with Gasteiger partial charge < -0.3 is 9.88 Å². The molecule has 0 spiro atoms. The van der Waals surface area contributed by atoms with Crippen LogP contribution < -0.4 is 5.32 Å². The molecule has 5 nitrogen and oxygen atoms in total. The highest BCUT2D eigenvalue weighted by molar-refractivity contribution is 6.70. The van der Waals surface area contributed by atoms with Crippen molar-refractivity contribution in [1.29, 1.82) is 0 Å². The predicted molar refractivity (Wildman–Crippen MR) is 140 cm³/mol. The molecule has 2 heterocycles. The molecule has 0 saturated heterocycles. The van der Waals surface area contributed by atoms with Crippen molar-refractivity contribution >= 4 is 46.0 Å². The fraction of sp³-hybridized carbons (Fsp3) is 0.444. The zero-order valence-electron chi connectivity index (χ0n) is 19.3. The Morgan fingerprint density at radius 2 is 1.97 bits per heavy atom. The first-order valence-corrected chi connectivity index (χ1v) is 12.5. The van der Waals surface area contributed by atoms with E-state index >= 15 is 0 Å². The van der Waals surface area contributed by atoms with Crippen LogP contribution in [0.4, 0.5) is 11.6 Å². The van der Waals surface area contributed by atoms with Gasteiger partial charge in [0.2, 0.25) is 0 Å². The van der Waals surface area contributed by atoms with Gasteiger partial charge in [-0.15, -0.1) is 0 Å². The Kier molecular flexibility index (Phi) is 6.50. The lowest BCUT2D eigenvalue weighted by molar-refractivity contribution is 0.458. The molecule has 2 fully saturated rings. The zero-order valence-corrected chi connectivity index (χ0v) is 20.1. The lowest BCUT2D eigenvalue weighted by Crippen LogP contribution is -2.05. The van der Waals surface area contributed by atoms with E-state index < -0.39 is 0 Å². The quantitative estimate of drug-likeness (QED) is 0.357. The molecule has 1 aromatic carbocycles. The Labute approximate surface area is 201 Å². The van der Waals surface area contributed by atoms with Gasteiger partial charge in [-0.2, -0.15) is 0 Å². The number of hydrogen-bond donors (Lipinski definition) is 1. The number of fused-ring (bicyclic) bond motifs is 1. The van der Waals surface area contributed by atoms with Crippen molar-refractivity contribution in [2.75, 3.05) is 18.9 Å². The lowest BCUT2D eigenvalue weighted by Gasteiger charge is -2.16. The Hall–Kier alpha value is -2.66. The maximum absolute atomic E-state index is 6.27. The fourth-order valence-electron chi connectivity index (χ4n) is 5.10. The summed E-state index contributed by atoms with van der Waals surface area (Å²) >= 11 is 6.27. The van der Waals surface area contributed by atoms with Gasteiger partial charge in [-0.25, -0.2) is 9.98 Å². The molecule has 33 heavy (non-hydrogen) atoms. The van der Waals surface area contributed by atoms with Gasteiger partial charge in [-0.1, -0.05) is 23.7 Å². The van der Waals surface area contributed by atoms with E-state index in [1.807, 2.05) is 6.07 Å². The van der Waals surface area contributed by atoms with Crippen LogP contribution in [0.3, 0.4) is 0 Å². The van der Waals surface area contributed by atoms with E-state index in [0.717, 1.165) is 48.0 Å². The van der Waals surface area contributed by atoms with Crippen molar-refractivity contribution in [3.63, 3.8) is 0 Å². The molecule has 0 radical (unpaired) electrons. The minimum atomic E-state index is 0.448. The first-order valence-electron chi connectivity index (χ1n) is 12.1. The van der Waals surface area contributed by atoms with Crippen molar-refractivity contribution in [3.05, 3.63) is 53.7 Å². The van der Waals surface area contributed by atoms with E-state index in [4.69, 9.17) is 16.6 Å². The number of pyridine rings is 1. The number of aromatic nitrogens is 2. The van der Waals surface area contributed by atoms with Crippen molar-refractivity contribution < 1.29 is 0 Å². The van der Waals surface area contributed by atoms with Crippen molar-refractivity contribution in [1.82, 2.24) is 9.55 Å². The number of anilines is 1. The van der Waals surface area contributed by atoms with Crippen LogP contribution in [0, 0.1) is 11.8 Å². The average molecular weight is 462 g/mol. The van der Waals surface area contributed by atoms with E-state index in [1.54, 1.807) is 7.05 Å². The van der Waals surface area contributed by atoms with Gasteiger partial charge in [0, 0.05) is 31.2 Å². The average Bonchev–Trinajstić information content (AvgIpc) is 3.38. The molecule has 0 aliphatic heterocycles. The minimum absolute atomic E-state index is 0.448. The Morgan fingerprint density at radius 1 is 1.15 bits per heavy atom. The first-order chi connectivity index (χ1) is 16.1. The van der Waals surface area contributed by atoms with Gasteiger partial charge in [0.15, 0.2) is 0 Å². The number of rotatable bonds is 9. The van der Waals surface area contributed by atoms with Crippen LogP contribution in [0.1, 0.15) is 55.7 Å². The van der Waals surface area contributed by atoms with Crippen LogP contribution in [-0.2, 0) is 6.42 Å².